The first kappa shape index (κ1) is 14.4. The topological polar surface area (TPSA) is 72.2 Å². The highest BCUT2D eigenvalue weighted by Crippen LogP contribution is 2.21. The Morgan fingerprint density at radius 2 is 1.75 bits per heavy atom. The standard InChI is InChI=1S/C15H18N2O2S/c1-3-12-4-7-14(8-5-12)17-20(18,19)15-9-6-13(16)10-11(15)2/h4-10,17H,3,16H2,1-2H3. The number of hydrogen-bond donors (Lipinski definition) is 2. The minimum absolute atomic E-state index is 0.242. The van der Waals surface area contributed by atoms with Gasteiger partial charge >= 0.3 is 0 Å². The molecule has 0 radical (unpaired) electrons. The van der Waals surface area contributed by atoms with E-state index in [9.17, 15) is 8.42 Å². The third-order valence-corrected chi connectivity index (χ3v) is 4.64. The van der Waals surface area contributed by atoms with Crippen LogP contribution in [0.1, 0.15) is 18.1 Å². The largest absolute Gasteiger partial charge is 0.399 e. The Hall–Kier alpha value is -2.01. The molecule has 0 unspecified atom stereocenters. The lowest BCUT2D eigenvalue weighted by molar-refractivity contribution is 0.600. The number of hydrogen-bond acceptors (Lipinski definition) is 3. The van der Waals surface area contributed by atoms with E-state index in [2.05, 4.69) is 11.6 Å². The summed E-state index contributed by atoms with van der Waals surface area (Å²) in [4.78, 5) is 0.242. The Morgan fingerprint density at radius 3 is 2.30 bits per heavy atom. The van der Waals surface area contributed by atoms with Crippen molar-refractivity contribution >= 4 is 21.4 Å². The molecule has 0 spiro atoms. The molecule has 0 aliphatic carbocycles. The van der Waals surface area contributed by atoms with Crippen LogP contribution in [0.3, 0.4) is 0 Å². The van der Waals surface area contributed by atoms with E-state index < -0.39 is 10.0 Å². The van der Waals surface area contributed by atoms with Gasteiger partial charge in [-0.2, -0.15) is 0 Å². The van der Waals surface area contributed by atoms with Crippen molar-refractivity contribution in [2.24, 2.45) is 0 Å². The number of nitrogens with two attached hydrogens (primary N) is 1. The van der Waals surface area contributed by atoms with Gasteiger partial charge in [0.05, 0.1) is 4.90 Å². The molecule has 0 amide bonds. The predicted octanol–water partition coefficient (Wildman–Crippen LogP) is 2.94. The third kappa shape index (κ3) is 3.11. The molecule has 0 saturated heterocycles. The molecule has 3 N–H and O–H groups in total. The zero-order chi connectivity index (χ0) is 14.8. The number of benzene rings is 2. The van der Waals surface area contributed by atoms with Crippen LogP contribution in [-0.4, -0.2) is 8.42 Å². The SMILES string of the molecule is CCc1ccc(NS(=O)(=O)c2ccc(N)cc2C)cc1. The molecule has 4 nitrogen and oxygen atoms in total. The van der Waals surface area contributed by atoms with E-state index in [0.717, 1.165) is 12.0 Å². The van der Waals surface area contributed by atoms with Crippen LogP contribution >= 0.6 is 0 Å². The minimum Gasteiger partial charge on any atom is -0.399 e. The van der Waals surface area contributed by atoms with Crippen molar-refractivity contribution in [1.29, 1.82) is 0 Å². The summed E-state index contributed by atoms with van der Waals surface area (Å²) in [6.07, 6.45) is 0.921. The molecule has 2 rings (SSSR count). The fraction of sp³-hybridized carbons (Fsp3) is 0.200. The summed E-state index contributed by atoms with van der Waals surface area (Å²) in [6.45, 7) is 3.78. The highest BCUT2D eigenvalue weighted by atomic mass is 32.2. The van der Waals surface area contributed by atoms with Crippen molar-refractivity contribution in [3.63, 3.8) is 0 Å². The fourth-order valence-corrected chi connectivity index (χ4v) is 3.28. The summed E-state index contributed by atoms with van der Waals surface area (Å²) in [5.74, 6) is 0. The normalized spacial score (nSPS) is 11.3. The van der Waals surface area contributed by atoms with Gasteiger partial charge < -0.3 is 5.73 Å². The summed E-state index contributed by atoms with van der Waals surface area (Å²) in [6, 6.07) is 12.1. The molecule has 0 bridgehead atoms. The molecule has 2 aromatic rings. The van der Waals surface area contributed by atoms with Crippen LogP contribution in [0.25, 0.3) is 0 Å². The number of anilines is 2. The monoisotopic (exact) mass is 290 g/mol. The summed E-state index contributed by atoms with van der Waals surface area (Å²) >= 11 is 0. The molecule has 0 heterocycles. The van der Waals surface area contributed by atoms with E-state index in [1.54, 1.807) is 31.2 Å². The number of nitrogens with one attached hydrogen (secondary N) is 1. The van der Waals surface area contributed by atoms with E-state index in [-0.39, 0.29) is 4.90 Å². The lowest BCUT2D eigenvalue weighted by Gasteiger charge is -2.11. The molecule has 0 aromatic heterocycles. The molecule has 5 heteroatoms. The molecule has 0 saturated carbocycles. The van der Waals surface area contributed by atoms with Gasteiger partial charge in [0, 0.05) is 11.4 Å². The van der Waals surface area contributed by atoms with Gasteiger partial charge in [0.1, 0.15) is 0 Å². The van der Waals surface area contributed by atoms with Crippen LogP contribution in [-0.2, 0) is 16.4 Å². The Bertz CT molecular complexity index is 707. The maximum absolute atomic E-state index is 12.3. The number of aryl methyl sites for hydroxylation is 2. The quantitative estimate of drug-likeness (QED) is 0.850. The van der Waals surface area contributed by atoms with Gasteiger partial charge in [0.2, 0.25) is 0 Å². The first-order valence-corrected chi connectivity index (χ1v) is 7.88. The van der Waals surface area contributed by atoms with Crippen LogP contribution in [0.5, 0.6) is 0 Å². The Labute approximate surface area is 119 Å². The number of rotatable bonds is 4. The first-order valence-electron chi connectivity index (χ1n) is 6.40. The fourth-order valence-electron chi connectivity index (χ4n) is 1.99. The van der Waals surface area contributed by atoms with Gasteiger partial charge in [0.25, 0.3) is 10.0 Å². The van der Waals surface area contributed by atoms with Crippen LogP contribution in [0, 0.1) is 6.92 Å². The maximum Gasteiger partial charge on any atom is 0.262 e. The molecule has 0 aliphatic rings. The molecule has 0 atom stereocenters. The summed E-state index contributed by atoms with van der Waals surface area (Å²) in [5.41, 5.74) is 8.53. The van der Waals surface area contributed by atoms with E-state index >= 15 is 0 Å². The van der Waals surface area contributed by atoms with Crippen LogP contribution in [0.15, 0.2) is 47.4 Å². The second kappa shape index (κ2) is 5.54. The van der Waals surface area contributed by atoms with Gasteiger partial charge in [-0.3, -0.25) is 4.72 Å². The molecule has 0 fully saturated rings. The third-order valence-electron chi connectivity index (χ3n) is 3.10. The molecule has 2 aromatic carbocycles. The van der Waals surface area contributed by atoms with Gasteiger partial charge in [0.15, 0.2) is 0 Å². The Kier molecular flexibility index (Phi) is 3.99. The van der Waals surface area contributed by atoms with Crippen molar-refractivity contribution in [3.8, 4) is 0 Å². The van der Waals surface area contributed by atoms with Gasteiger partial charge in [-0.05, 0) is 54.8 Å². The molecular weight excluding hydrogens is 272 g/mol. The second-order valence-electron chi connectivity index (χ2n) is 4.68. The van der Waals surface area contributed by atoms with E-state index in [1.807, 2.05) is 12.1 Å². The summed E-state index contributed by atoms with van der Waals surface area (Å²) in [5, 5.41) is 0. The van der Waals surface area contributed by atoms with Crippen molar-refractivity contribution in [2.45, 2.75) is 25.2 Å². The first-order chi connectivity index (χ1) is 9.42. The van der Waals surface area contributed by atoms with Crippen molar-refractivity contribution < 1.29 is 8.42 Å². The van der Waals surface area contributed by atoms with E-state index in [0.29, 0.717) is 16.9 Å². The Morgan fingerprint density at radius 1 is 1.10 bits per heavy atom. The molecule has 20 heavy (non-hydrogen) atoms. The average molecular weight is 290 g/mol. The van der Waals surface area contributed by atoms with Crippen LogP contribution in [0.4, 0.5) is 11.4 Å². The lowest BCUT2D eigenvalue weighted by Crippen LogP contribution is -2.14. The summed E-state index contributed by atoms with van der Waals surface area (Å²) < 4.78 is 27.3. The van der Waals surface area contributed by atoms with Gasteiger partial charge in [-0.15, -0.1) is 0 Å². The zero-order valence-electron chi connectivity index (χ0n) is 11.6. The number of sulfonamides is 1. The molecular formula is C15H18N2O2S. The number of nitrogen functional groups attached to an aromatic ring is 1. The van der Waals surface area contributed by atoms with Crippen LogP contribution in [0.2, 0.25) is 0 Å². The van der Waals surface area contributed by atoms with Crippen molar-refractivity contribution in [3.05, 3.63) is 53.6 Å². The second-order valence-corrected chi connectivity index (χ2v) is 6.33. The van der Waals surface area contributed by atoms with E-state index in [1.165, 1.54) is 6.07 Å². The zero-order valence-corrected chi connectivity index (χ0v) is 12.4. The molecule has 0 aliphatic heterocycles. The van der Waals surface area contributed by atoms with Crippen molar-refractivity contribution in [1.82, 2.24) is 0 Å². The average Bonchev–Trinajstić information content (AvgIpc) is 2.38. The van der Waals surface area contributed by atoms with Crippen molar-refractivity contribution in [2.75, 3.05) is 10.5 Å². The minimum atomic E-state index is -3.59. The smallest absolute Gasteiger partial charge is 0.262 e. The van der Waals surface area contributed by atoms with E-state index in [4.69, 9.17) is 5.73 Å². The Balaban J connectivity index is 2.30. The molecule has 106 valence electrons. The van der Waals surface area contributed by atoms with Gasteiger partial charge in [-0.1, -0.05) is 19.1 Å². The predicted molar refractivity (Wildman–Crippen MR) is 82.2 cm³/mol. The van der Waals surface area contributed by atoms with Crippen LogP contribution < -0.4 is 10.5 Å². The van der Waals surface area contributed by atoms with Gasteiger partial charge in [-0.25, -0.2) is 8.42 Å². The lowest BCUT2D eigenvalue weighted by atomic mass is 10.2. The summed E-state index contributed by atoms with van der Waals surface area (Å²) in [7, 11) is -3.59. The maximum atomic E-state index is 12.3. The highest BCUT2D eigenvalue weighted by Gasteiger charge is 2.16. The highest BCUT2D eigenvalue weighted by molar-refractivity contribution is 7.92.